The molecule has 1 amide bonds. The molecule has 1 aromatic carbocycles. The first-order chi connectivity index (χ1) is 19.0. The fraction of sp³-hybridized carbons (Fsp3) is 0.423. The number of alkyl halides is 3. The number of likely N-dealkylation sites (tertiary alicyclic amines) is 1. The van der Waals surface area contributed by atoms with E-state index in [1.165, 1.54) is 29.0 Å². The number of nitrogens with one attached hydrogen (secondary N) is 1. The Morgan fingerprint density at radius 2 is 1.85 bits per heavy atom. The Labute approximate surface area is 236 Å². The van der Waals surface area contributed by atoms with Gasteiger partial charge in [-0.15, -0.1) is 10.2 Å². The summed E-state index contributed by atoms with van der Waals surface area (Å²) in [6.07, 6.45) is 0.578. The largest absolute Gasteiger partial charge is 0.444 e. The van der Waals surface area contributed by atoms with E-state index in [1.54, 1.807) is 17.0 Å². The maximum Gasteiger partial charge on any atom is 0.410 e. The normalized spacial score (nSPS) is 13.1. The molecule has 0 atom stereocenters. The Hall–Kier alpha value is -3.68. The van der Waals surface area contributed by atoms with Crippen LogP contribution in [-0.4, -0.2) is 60.2 Å². The van der Waals surface area contributed by atoms with Crippen molar-refractivity contribution in [1.29, 1.82) is 0 Å². The molecule has 1 aliphatic heterocycles. The predicted molar refractivity (Wildman–Crippen MR) is 146 cm³/mol. The van der Waals surface area contributed by atoms with Crippen molar-refractivity contribution in [3.05, 3.63) is 64.4 Å². The number of carbonyl (C=O) groups excluding carboxylic acids is 1. The first-order valence-corrected chi connectivity index (χ1v) is 13.9. The lowest BCUT2D eigenvalue weighted by Gasteiger charge is -2.23. The molecule has 0 saturated carbocycles. The number of imidazole rings is 1. The summed E-state index contributed by atoms with van der Waals surface area (Å²) < 4.78 is 49.8. The number of rotatable bonds is 4. The maximum absolute atomic E-state index is 13.4. The van der Waals surface area contributed by atoms with Crippen molar-refractivity contribution in [3.63, 3.8) is 0 Å². The number of pyridine rings is 1. The van der Waals surface area contributed by atoms with Crippen LogP contribution in [0.15, 0.2) is 45.7 Å². The van der Waals surface area contributed by atoms with Gasteiger partial charge in [-0.05, 0) is 69.8 Å². The van der Waals surface area contributed by atoms with Gasteiger partial charge < -0.3 is 19.0 Å². The average Bonchev–Trinajstić information content (AvgIpc) is 3.67. The summed E-state index contributed by atoms with van der Waals surface area (Å²) in [5.74, 6) is 0.509. The van der Waals surface area contributed by atoms with Crippen molar-refractivity contribution in [2.75, 3.05) is 18.9 Å². The van der Waals surface area contributed by atoms with Crippen LogP contribution in [0, 0.1) is 5.82 Å². The van der Waals surface area contributed by atoms with Gasteiger partial charge in [0.15, 0.2) is 0 Å². The van der Waals surface area contributed by atoms with Crippen molar-refractivity contribution in [1.82, 2.24) is 29.6 Å². The number of ether oxygens (including phenoxy) is 1. The van der Waals surface area contributed by atoms with Gasteiger partial charge in [-0.3, -0.25) is 9.55 Å². The molecule has 0 aliphatic carbocycles. The van der Waals surface area contributed by atoms with Crippen LogP contribution in [0.4, 0.5) is 18.0 Å². The zero-order chi connectivity index (χ0) is 29.4. The zero-order valence-corrected chi connectivity index (χ0v) is 24.0. The molecule has 40 heavy (non-hydrogen) atoms. The fourth-order valence-electron chi connectivity index (χ4n) is 3.76. The Balaban J connectivity index is 0.000000265. The van der Waals surface area contributed by atoms with E-state index in [-0.39, 0.29) is 24.1 Å². The smallest absolute Gasteiger partial charge is 0.410 e. The number of hydrogen-bond acceptors (Lipinski definition) is 7. The number of benzene rings is 1. The van der Waals surface area contributed by atoms with Crippen molar-refractivity contribution in [3.8, 4) is 11.5 Å². The zero-order valence-electron chi connectivity index (χ0n) is 22.5. The fourth-order valence-corrected chi connectivity index (χ4v) is 3.76. The molecule has 10 nitrogen and oxygen atoms in total. The summed E-state index contributed by atoms with van der Waals surface area (Å²) >= 11 is 2.94. The molecule has 0 unspecified atom stereocenters. The average molecular weight is 627 g/mol. The minimum atomic E-state index is -2.85. The Kier molecular flexibility index (Phi) is 10.5. The van der Waals surface area contributed by atoms with Crippen LogP contribution in [0.3, 0.4) is 0 Å². The molecule has 3 aromatic heterocycles. The van der Waals surface area contributed by atoms with Crippen molar-refractivity contribution < 1.29 is 27.1 Å². The van der Waals surface area contributed by atoms with E-state index in [0.717, 1.165) is 25.9 Å². The molecule has 1 saturated heterocycles. The van der Waals surface area contributed by atoms with Crippen molar-refractivity contribution in [2.45, 2.75) is 52.2 Å². The summed E-state index contributed by atoms with van der Waals surface area (Å²) in [4.78, 5) is 32.0. The van der Waals surface area contributed by atoms with E-state index in [1.807, 2.05) is 26.6 Å². The number of hydrogen-bond donors (Lipinski definition) is 1. The summed E-state index contributed by atoms with van der Waals surface area (Å²) in [6.45, 7) is 7.49. The van der Waals surface area contributed by atoms with Gasteiger partial charge in [0.1, 0.15) is 11.4 Å². The third kappa shape index (κ3) is 8.16. The molecule has 0 bridgehead atoms. The molecule has 5 rings (SSSR count). The molecule has 1 fully saturated rings. The quantitative estimate of drug-likeness (QED) is 0.279. The van der Waals surface area contributed by atoms with Gasteiger partial charge in [-0.1, -0.05) is 15.9 Å². The van der Waals surface area contributed by atoms with Gasteiger partial charge in [0, 0.05) is 19.3 Å². The van der Waals surface area contributed by atoms with E-state index >= 15 is 0 Å². The topological polar surface area (TPSA) is 119 Å². The second-order valence-electron chi connectivity index (χ2n) is 9.64. The number of H-pyrrole nitrogens is 1. The monoisotopic (exact) mass is 626 g/mol. The second kappa shape index (κ2) is 13.6. The molecule has 4 aromatic rings. The van der Waals surface area contributed by atoms with Crippen LogP contribution in [0.25, 0.3) is 22.5 Å². The molecular formula is C26H30BrF3N6O4. The molecule has 1 N–H and O–H groups in total. The molecule has 4 heterocycles. The number of amides is 1. The second-order valence-corrected chi connectivity index (χ2v) is 9.64. The number of aromatic nitrogens is 5. The minimum absolute atomic E-state index is 0.0781. The van der Waals surface area contributed by atoms with E-state index in [2.05, 4.69) is 36.1 Å². The Morgan fingerprint density at radius 1 is 1.15 bits per heavy atom. The van der Waals surface area contributed by atoms with Crippen LogP contribution in [0.5, 0.6) is 0 Å². The van der Waals surface area contributed by atoms with Gasteiger partial charge >= 0.3 is 18.2 Å². The van der Waals surface area contributed by atoms with E-state index < -0.39 is 23.8 Å². The van der Waals surface area contributed by atoms with Gasteiger partial charge in [0.05, 0.1) is 28.8 Å². The number of aromatic amines is 1. The van der Waals surface area contributed by atoms with Crippen molar-refractivity contribution in [2.24, 2.45) is 0 Å². The highest BCUT2D eigenvalue weighted by atomic mass is 79.9. The number of carbonyl (C=O) groups is 1. The van der Waals surface area contributed by atoms with Crippen LogP contribution < -0.4 is 5.69 Å². The van der Waals surface area contributed by atoms with Gasteiger partial charge in [-0.25, -0.2) is 14.0 Å². The predicted octanol–water partition coefficient (Wildman–Crippen LogP) is 5.93. The first kappa shape index (κ1) is 30.9. The van der Waals surface area contributed by atoms with Gasteiger partial charge in [-0.2, -0.15) is 8.78 Å². The molecule has 1 aliphatic rings. The van der Waals surface area contributed by atoms with Crippen LogP contribution in [0.1, 0.15) is 51.6 Å². The summed E-state index contributed by atoms with van der Waals surface area (Å²) in [5.41, 5.74) is 1.05. The molecule has 14 heteroatoms. The number of halogens is 4. The summed E-state index contributed by atoms with van der Waals surface area (Å²) in [5, 5.41) is 6.79. The summed E-state index contributed by atoms with van der Waals surface area (Å²) in [7, 11) is 0. The Bertz CT molecular complexity index is 1460. The highest BCUT2D eigenvalue weighted by molar-refractivity contribution is 9.08. The Morgan fingerprint density at radius 3 is 2.42 bits per heavy atom. The van der Waals surface area contributed by atoms with E-state index in [0.29, 0.717) is 22.3 Å². The van der Waals surface area contributed by atoms with E-state index in [4.69, 9.17) is 9.15 Å². The van der Waals surface area contributed by atoms with Gasteiger partial charge in [0.2, 0.25) is 5.89 Å². The standard InChI is InChI=1S/C16H10F3N5O2.C9H17NO2.CH3Br/c17-9-2-4-11-12(5-9)24(16(25)21-11)7-10-3-1-8(6-20-10)14-22-23-15(26-14)13(18)19;1-9(2,3)12-8(11)10-6-4-5-7-10;1-2/h1-6,13H,7H2,(H,21,25);4-7H2,1-3H3;1H3. The van der Waals surface area contributed by atoms with Crippen molar-refractivity contribution >= 4 is 33.1 Å². The van der Waals surface area contributed by atoms with Crippen LogP contribution in [-0.2, 0) is 11.3 Å². The molecular weight excluding hydrogens is 597 g/mol. The van der Waals surface area contributed by atoms with E-state index in [9.17, 15) is 22.8 Å². The van der Waals surface area contributed by atoms with Crippen LogP contribution >= 0.6 is 15.9 Å². The van der Waals surface area contributed by atoms with Gasteiger partial charge in [0.25, 0.3) is 5.89 Å². The SMILES string of the molecule is CBr.CC(C)(C)OC(=O)N1CCCC1.O=c1[nH]c2ccc(F)cc2n1Cc1ccc(-c2nnc(C(F)F)o2)cn1. The molecule has 216 valence electrons. The highest BCUT2D eigenvalue weighted by Crippen LogP contribution is 2.23. The lowest BCUT2D eigenvalue weighted by Crippen LogP contribution is -2.34. The number of nitrogens with zero attached hydrogens (tertiary/aromatic N) is 5. The molecule has 0 radical (unpaired) electrons. The summed E-state index contributed by atoms with van der Waals surface area (Å²) in [6, 6.07) is 7.15. The lowest BCUT2D eigenvalue weighted by atomic mass is 10.2. The third-order valence-corrected chi connectivity index (χ3v) is 5.51. The lowest BCUT2D eigenvalue weighted by molar-refractivity contribution is 0.0295. The minimum Gasteiger partial charge on any atom is -0.444 e. The highest BCUT2D eigenvalue weighted by Gasteiger charge is 2.24. The first-order valence-electron chi connectivity index (χ1n) is 12.3. The van der Waals surface area contributed by atoms with Crippen LogP contribution in [0.2, 0.25) is 0 Å². The molecule has 0 spiro atoms. The number of fused-ring (bicyclic) bond motifs is 1. The third-order valence-electron chi connectivity index (χ3n) is 5.51. The maximum atomic E-state index is 13.4.